The van der Waals surface area contributed by atoms with Gasteiger partial charge in [0.25, 0.3) is 0 Å². The van der Waals surface area contributed by atoms with Crippen LogP contribution in [0.1, 0.15) is 19.8 Å². The molecule has 1 N–H and O–H groups in total. The largest absolute Gasteiger partial charge is 0.356 e. The van der Waals surface area contributed by atoms with E-state index in [4.69, 9.17) is 0 Å². The second-order valence-electron chi connectivity index (χ2n) is 4.80. The number of hydrogen-bond donors (Lipinski definition) is 1. The van der Waals surface area contributed by atoms with Crippen molar-refractivity contribution in [2.45, 2.75) is 19.8 Å². The summed E-state index contributed by atoms with van der Waals surface area (Å²) in [5, 5.41) is 2.77. The summed E-state index contributed by atoms with van der Waals surface area (Å²) in [7, 11) is 0. The fourth-order valence-electron chi connectivity index (χ4n) is 2.54. The minimum absolute atomic E-state index is 0.0156. The van der Waals surface area contributed by atoms with Gasteiger partial charge >= 0.3 is 0 Å². The Hall–Kier alpha value is -1.10. The van der Waals surface area contributed by atoms with Crippen molar-refractivity contribution in [2.24, 2.45) is 5.92 Å². The molecule has 0 aliphatic carbocycles. The van der Waals surface area contributed by atoms with Crippen molar-refractivity contribution in [1.82, 2.24) is 15.1 Å². The summed E-state index contributed by atoms with van der Waals surface area (Å²) in [5.74, 6) is 0.106. The normalized spacial score (nSPS) is 26.8. The van der Waals surface area contributed by atoms with Crippen LogP contribution in [0, 0.1) is 5.92 Å². The maximum atomic E-state index is 12.2. The van der Waals surface area contributed by atoms with Crippen molar-refractivity contribution in [1.29, 1.82) is 0 Å². The average Bonchev–Trinajstić information content (AvgIpc) is 2.38. The molecule has 2 saturated heterocycles. The van der Waals surface area contributed by atoms with E-state index in [-0.39, 0.29) is 17.7 Å². The Morgan fingerprint density at radius 2 is 2.06 bits per heavy atom. The summed E-state index contributed by atoms with van der Waals surface area (Å²) in [6, 6.07) is 0. The van der Waals surface area contributed by atoms with E-state index in [1.165, 1.54) is 0 Å². The first-order valence-corrected chi connectivity index (χ1v) is 6.48. The Morgan fingerprint density at radius 3 is 2.65 bits per heavy atom. The lowest BCUT2D eigenvalue weighted by Crippen LogP contribution is -2.51. The molecule has 2 aliphatic rings. The summed E-state index contributed by atoms with van der Waals surface area (Å²) < 4.78 is 0. The number of amides is 2. The Kier molecular flexibility index (Phi) is 3.99. The SMILES string of the molecule is CCN1CCN(C(=O)C2CCNC(=O)C2)CC1. The molecular formula is C12H21N3O2. The molecule has 1 atom stereocenters. The zero-order valence-electron chi connectivity index (χ0n) is 10.4. The highest BCUT2D eigenvalue weighted by atomic mass is 16.2. The van der Waals surface area contributed by atoms with E-state index in [9.17, 15) is 9.59 Å². The number of hydrogen-bond acceptors (Lipinski definition) is 3. The second kappa shape index (κ2) is 5.49. The molecule has 96 valence electrons. The maximum Gasteiger partial charge on any atom is 0.226 e. The lowest BCUT2D eigenvalue weighted by Gasteiger charge is -2.36. The van der Waals surface area contributed by atoms with Crippen LogP contribution in [0.25, 0.3) is 0 Å². The van der Waals surface area contributed by atoms with Crippen molar-refractivity contribution in [2.75, 3.05) is 39.3 Å². The van der Waals surface area contributed by atoms with Gasteiger partial charge in [-0.25, -0.2) is 0 Å². The first kappa shape index (κ1) is 12.4. The second-order valence-corrected chi connectivity index (χ2v) is 4.80. The van der Waals surface area contributed by atoms with Crippen molar-refractivity contribution >= 4 is 11.8 Å². The molecule has 0 aromatic carbocycles. The number of carbonyl (C=O) groups excluding carboxylic acids is 2. The minimum atomic E-state index is -0.0862. The van der Waals surface area contributed by atoms with Crippen LogP contribution in [-0.2, 0) is 9.59 Å². The van der Waals surface area contributed by atoms with E-state index in [0.717, 1.165) is 39.1 Å². The monoisotopic (exact) mass is 239 g/mol. The zero-order chi connectivity index (χ0) is 12.3. The van der Waals surface area contributed by atoms with Gasteiger partial charge in [0.15, 0.2) is 0 Å². The molecule has 2 aliphatic heterocycles. The van der Waals surface area contributed by atoms with Crippen LogP contribution in [-0.4, -0.2) is 60.9 Å². The van der Waals surface area contributed by atoms with E-state index in [0.29, 0.717) is 13.0 Å². The molecule has 0 aromatic heterocycles. The van der Waals surface area contributed by atoms with Crippen molar-refractivity contribution < 1.29 is 9.59 Å². The molecule has 17 heavy (non-hydrogen) atoms. The van der Waals surface area contributed by atoms with Gasteiger partial charge < -0.3 is 15.1 Å². The topological polar surface area (TPSA) is 52.6 Å². The number of piperazine rings is 1. The third-order valence-corrected chi connectivity index (χ3v) is 3.73. The van der Waals surface area contributed by atoms with Gasteiger partial charge in [0.05, 0.1) is 0 Å². The summed E-state index contributed by atoms with van der Waals surface area (Å²) in [5.41, 5.74) is 0. The van der Waals surface area contributed by atoms with Crippen LogP contribution in [0.15, 0.2) is 0 Å². The number of rotatable bonds is 2. The van der Waals surface area contributed by atoms with Crippen molar-refractivity contribution in [3.63, 3.8) is 0 Å². The van der Waals surface area contributed by atoms with Gasteiger partial charge in [0.2, 0.25) is 11.8 Å². The lowest BCUT2D eigenvalue weighted by molar-refractivity contribution is -0.141. The molecule has 0 bridgehead atoms. The molecule has 2 amide bonds. The van der Waals surface area contributed by atoms with Gasteiger partial charge in [0, 0.05) is 45.1 Å². The molecule has 2 fully saturated rings. The van der Waals surface area contributed by atoms with Gasteiger partial charge in [-0.1, -0.05) is 6.92 Å². The molecule has 1 unspecified atom stereocenters. The predicted octanol–water partition coefficient (Wildman–Crippen LogP) is -0.323. The summed E-state index contributed by atoms with van der Waals surface area (Å²) in [4.78, 5) is 27.8. The fourth-order valence-corrected chi connectivity index (χ4v) is 2.54. The highest BCUT2D eigenvalue weighted by molar-refractivity contribution is 5.87. The fraction of sp³-hybridized carbons (Fsp3) is 0.833. The van der Waals surface area contributed by atoms with E-state index in [2.05, 4.69) is 17.1 Å². The molecule has 2 rings (SSSR count). The number of likely N-dealkylation sites (N-methyl/N-ethyl adjacent to an activating group) is 1. The highest BCUT2D eigenvalue weighted by Crippen LogP contribution is 2.17. The Labute approximate surface area is 102 Å². The summed E-state index contributed by atoms with van der Waals surface area (Å²) in [6.45, 7) is 7.37. The number of nitrogens with one attached hydrogen (secondary N) is 1. The molecular weight excluding hydrogens is 218 g/mol. The van der Waals surface area contributed by atoms with Gasteiger partial charge in [-0.3, -0.25) is 9.59 Å². The van der Waals surface area contributed by atoms with Crippen molar-refractivity contribution in [3.05, 3.63) is 0 Å². The summed E-state index contributed by atoms with van der Waals surface area (Å²) >= 11 is 0. The van der Waals surface area contributed by atoms with Crippen LogP contribution >= 0.6 is 0 Å². The first-order valence-electron chi connectivity index (χ1n) is 6.48. The van der Waals surface area contributed by atoms with Gasteiger partial charge in [-0.05, 0) is 13.0 Å². The first-order chi connectivity index (χ1) is 8.20. The third kappa shape index (κ3) is 2.97. The average molecular weight is 239 g/mol. The molecule has 0 saturated carbocycles. The smallest absolute Gasteiger partial charge is 0.226 e. The highest BCUT2D eigenvalue weighted by Gasteiger charge is 2.30. The molecule has 5 nitrogen and oxygen atoms in total. The van der Waals surface area contributed by atoms with E-state index >= 15 is 0 Å². The van der Waals surface area contributed by atoms with Gasteiger partial charge in [-0.15, -0.1) is 0 Å². The predicted molar refractivity (Wildman–Crippen MR) is 64.4 cm³/mol. The minimum Gasteiger partial charge on any atom is -0.356 e. The van der Waals surface area contributed by atoms with Crippen LogP contribution in [0.3, 0.4) is 0 Å². The Bertz CT molecular complexity index is 298. The van der Waals surface area contributed by atoms with Gasteiger partial charge in [-0.2, -0.15) is 0 Å². The number of piperidine rings is 1. The van der Waals surface area contributed by atoms with Crippen LogP contribution in [0.5, 0.6) is 0 Å². The third-order valence-electron chi connectivity index (χ3n) is 3.73. The molecule has 2 heterocycles. The van der Waals surface area contributed by atoms with Gasteiger partial charge in [0.1, 0.15) is 0 Å². The number of carbonyl (C=O) groups is 2. The molecule has 0 radical (unpaired) electrons. The molecule has 0 aromatic rings. The van der Waals surface area contributed by atoms with E-state index < -0.39 is 0 Å². The Morgan fingerprint density at radius 1 is 1.35 bits per heavy atom. The van der Waals surface area contributed by atoms with E-state index in [1.54, 1.807) is 0 Å². The quantitative estimate of drug-likeness (QED) is 0.718. The van der Waals surface area contributed by atoms with Crippen LogP contribution in [0.2, 0.25) is 0 Å². The van der Waals surface area contributed by atoms with Crippen LogP contribution in [0.4, 0.5) is 0 Å². The zero-order valence-corrected chi connectivity index (χ0v) is 10.4. The molecule has 0 spiro atoms. The maximum absolute atomic E-state index is 12.2. The summed E-state index contributed by atoms with van der Waals surface area (Å²) in [6.07, 6.45) is 1.16. The van der Waals surface area contributed by atoms with E-state index in [1.807, 2.05) is 4.90 Å². The number of nitrogens with zero attached hydrogens (tertiary/aromatic N) is 2. The van der Waals surface area contributed by atoms with Crippen LogP contribution < -0.4 is 5.32 Å². The van der Waals surface area contributed by atoms with Crippen molar-refractivity contribution in [3.8, 4) is 0 Å². The molecule has 5 heteroatoms. The standard InChI is InChI=1S/C12H21N3O2/c1-2-14-5-7-15(8-6-14)12(17)10-3-4-13-11(16)9-10/h10H,2-9H2,1H3,(H,13,16). The lowest BCUT2D eigenvalue weighted by atomic mass is 9.95. The Balaban J connectivity index is 1.85.